The standard InChI is InChI=1S/C35H33N7O4S/c1-44-28-18-23(19-29(22-28)45-2)20-31(43)37-26-5-3-4-24(21-26)32-33(42-14-17-47-35(42)40-32)30-10-11-36-34(39-30)38-25-6-8-27(9-7-25)41-12-15-46-16-13-41/h3-11,14,17-19,21-22H,12-13,15-16,20H2,1-2H3,(H,37,43)(H,36,38,39). The fraction of sp³-hybridized carbons (Fsp3) is 0.200. The van der Waals surface area contributed by atoms with Crippen LogP contribution in [0.25, 0.3) is 27.6 Å². The monoisotopic (exact) mass is 647 g/mol. The van der Waals surface area contributed by atoms with Crippen LogP contribution in [-0.2, 0) is 16.0 Å². The van der Waals surface area contributed by atoms with Crippen molar-refractivity contribution in [2.75, 3.05) is 56.1 Å². The molecular weight excluding hydrogens is 614 g/mol. The van der Waals surface area contributed by atoms with E-state index in [-0.39, 0.29) is 12.3 Å². The minimum Gasteiger partial charge on any atom is -0.497 e. The lowest BCUT2D eigenvalue weighted by Gasteiger charge is -2.28. The minimum absolute atomic E-state index is 0.159. The van der Waals surface area contributed by atoms with E-state index < -0.39 is 0 Å². The van der Waals surface area contributed by atoms with Crippen molar-refractivity contribution in [1.29, 1.82) is 0 Å². The number of hydrogen-bond donors (Lipinski definition) is 2. The molecule has 0 unspecified atom stereocenters. The summed E-state index contributed by atoms with van der Waals surface area (Å²) >= 11 is 1.54. The topological polar surface area (TPSA) is 115 Å². The van der Waals surface area contributed by atoms with E-state index in [4.69, 9.17) is 24.2 Å². The third-order valence-electron chi connectivity index (χ3n) is 7.86. The van der Waals surface area contributed by atoms with E-state index in [1.807, 2.05) is 70.6 Å². The lowest BCUT2D eigenvalue weighted by molar-refractivity contribution is -0.115. The number of anilines is 4. The number of ether oxygens (including phenoxy) is 3. The molecule has 2 N–H and O–H groups in total. The number of fused-ring (bicyclic) bond motifs is 1. The van der Waals surface area contributed by atoms with Crippen LogP contribution in [0.2, 0.25) is 0 Å². The van der Waals surface area contributed by atoms with E-state index in [1.54, 1.807) is 37.8 Å². The summed E-state index contributed by atoms with van der Waals surface area (Å²) in [7, 11) is 3.17. The van der Waals surface area contributed by atoms with Crippen LogP contribution in [0.15, 0.2) is 90.6 Å². The Balaban J connectivity index is 1.12. The summed E-state index contributed by atoms with van der Waals surface area (Å²) in [6.45, 7) is 3.26. The van der Waals surface area contributed by atoms with Crippen molar-refractivity contribution in [3.05, 3.63) is 96.1 Å². The van der Waals surface area contributed by atoms with Crippen LogP contribution in [0, 0.1) is 0 Å². The maximum Gasteiger partial charge on any atom is 0.228 e. The third-order valence-corrected chi connectivity index (χ3v) is 8.61. The summed E-state index contributed by atoms with van der Waals surface area (Å²) in [4.78, 5) is 30.6. The van der Waals surface area contributed by atoms with Crippen molar-refractivity contribution < 1.29 is 19.0 Å². The Morgan fingerprint density at radius 1 is 0.936 bits per heavy atom. The van der Waals surface area contributed by atoms with Gasteiger partial charge in [-0.2, -0.15) is 0 Å². The molecule has 0 aliphatic carbocycles. The van der Waals surface area contributed by atoms with Gasteiger partial charge < -0.3 is 29.7 Å². The number of imidazole rings is 1. The second-order valence-electron chi connectivity index (χ2n) is 10.9. The molecule has 7 rings (SSSR count). The molecule has 1 saturated heterocycles. The molecular formula is C35H33N7O4S. The van der Waals surface area contributed by atoms with E-state index in [9.17, 15) is 4.79 Å². The lowest BCUT2D eigenvalue weighted by Crippen LogP contribution is -2.36. The summed E-state index contributed by atoms with van der Waals surface area (Å²) in [6.07, 6.45) is 3.89. The van der Waals surface area contributed by atoms with Crippen LogP contribution in [0.1, 0.15) is 5.56 Å². The van der Waals surface area contributed by atoms with Gasteiger partial charge in [0.1, 0.15) is 17.2 Å². The number of benzene rings is 3. The molecule has 1 amide bonds. The van der Waals surface area contributed by atoms with Gasteiger partial charge in [-0.3, -0.25) is 9.20 Å². The Hall–Kier alpha value is -5.46. The average Bonchev–Trinajstić information content (AvgIpc) is 3.71. The molecule has 4 heterocycles. The highest BCUT2D eigenvalue weighted by Crippen LogP contribution is 2.35. The molecule has 12 heteroatoms. The number of rotatable bonds is 10. The minimum atomic E-state index is -0.159. The highest BCUT2D eigenvalue weighted by molar-refractivity contribution is 7.15. The molecule has 1 fully saturated rings. The molecule has 0 atom stereocenters. The zero-order valence-electron chi connectivity index (χ0n) is 26.0. The van der Waals surface area contributed by atoms with Gasteiger partial charge in [-0.15, -0.1) is 11.3 Å². The van der Waals surface area contributed by atoms with Crippen LogP contribution < -0.4 is 25.0 Å². The first-order chi connectivity index (χ1) is 23.1. The zero-order valence-corrected chi connectivity index (χ0v) is 26.8. The molecule has 11 nitrogen and oxygen atoms in total. The molecule has 0 spiro atoms. The number of amides is 1. The van der Waals surface area contributed by atoms with Gasteiger partial charge in [-0.05, 0) is 60.2 Å². The Kier molecular flexibility index (Phi) is 8.67. The second kappa shape index (κ2) is 13.5. The van der Waals surface area contributed by atoms with Crippen molar-refractivity contribution in [2.24, 2.45) is 0 Å². The number of nitrogens with zero attached hydrogens (tertiary/aromatic N) is 5. The highest BCUT2D eigenvalue weighted by atomic mass is 32.1. The van der Waals surface area contributed by atoms with Crippen LogP contribution in [-0.4, -0.2) is 65.8 Å². The Morgan fingerprint density at radius 3 is 2.49 bits per heavy atom. The van der Waals surface area contributed by atoms with Crippen LogP contribution in [0.3, 0.4) is 0 Å². The van der Waals surface area contributed by atoms with Gasteiger partial charge >= 0.3 is 0 Å². The van der Waals surface area contributed by atoms with Gasteiger partial charge in [0, 0.05) is 59.6 Å². The molecule has 3 aromatic heterocycles. The van der Waals surface area contributed by atoms with E-state index in [1.165, 1.54) is 0 Å². The van der Waals surface area contributed by atoms with E-state index in [0.29, 0.717) is 23.1 Å². The Morgan fingerprint density at radius 2 is 1.72 bits per heavy atom. The number of hydrogen-bond acceptors (Lipinski definition) is 10. The highest BCUT2D eigenvalue weighted by Gasteiger charge is 2.19. The maximum atomic E-state index is 13.1. The molecule has 1 aliphatic heterocycles. The van der Waals surface area contributed by atoms with Crippen LogP contribution in [0.5, 0.6) is 11.5 Å². The molecule has 1 aliphatic rings. The number of carbonyl (C=O) groups is 1. The van der Waals surface area contributed by atoms with Crippen molar-refractivity contribution in [1.82, 2.24) is 19.4 Å². The van der Waals surface area contributed by atoms with Crippen molar-refractivity contribution >= 4 is 45.2 Å². The first-order valence-electron chi connectivity index (χ1n) is 15.2. The molecule has 0 radical (unpaired) electrons. The average molecular weight is 648 g/mol. The predicted octanol–water partition coefficient (Wildman–Crippen LogP) is 6.30. The number of thiazole rings is 1. The van der Waals surface area contributed by atoms with E-state index in [2.05, 4.69) is 32.7 Å². The molecule has 3 aromatic carbocycles. The van der Waals surface area contributed by atoms with Gasteiger partial charge in [0.05, 0.1) is 45.2 Å². The Labute approximate surface area is 275 Å². The zero-order chi connectivity index (χ0) is 32.2. The molecule has 6 aromatic rings. The molecule has 0 bridgehead atoms. The van der Waals surface area contributed by atoms with Gasteiger partial charge in [-0.25, -0.2) is 15.0 Å². The van der Waals surface area contributed by atoms with Gasteiger partial charge in [0.25, 0.3) is 0 Å². The van der Waals surface area contributed by atoms with Gasteiger partial charge in [-0.1, -0.05) is 12.1 Å². The second-order valence-corrected chi connectivity index (χ2v) is 11.8. The molecule has 238 valence electrons. The summed E-state index contributed by atoms with van der Waals surface area (Å²) in [6, 6.07) is 23.3. The fourth-order valence-electron chi connectivity index (χ4n) is 5.59. The van der Waals surface area contributed by atoms with E-state index >= 15 is 0 Å². The lowest BCUT2D eigenvalue weighted by atomic mass is 10.1. The number of aromatic nitrogens is 4. The summed E-state index contributed by atoms with van der Waals surface area (Å²) in [5.74, 6) is 1.58. The first kappa shape index (κ1) is 30.2. The van der Waals surface area contributed by atoms with Gasteiger partial charge in [0.15, 0.2) is 4.96 Å². The fourth-order valence-corrected chi connectivity index (χ4v) is 6.31. The summed E-state index contributed by atoms with van der Waals surface area (Å²) in [5, 5.41) is 8.37. The van der Waals surface area contributed by atoms with Crippen molar-refractivity contribution in [2.45, 2.75) is 6.42 Å². The number of morpholine rings is 1. The van der Waals surface area contributed by atoms with Crippen molar-refractivity contribution in [3.8, 4) is 34.1 Å². The predicted molar refractivity (Wildman–Crippen MR) is 184 cm³/mol. The SMILES string of the molecule is COc1cc(CC(=O)Nc2cccc(-c3nc4sccn4c3-c3ccnc(Nc4ccc(N5CCOCC5)cc4)n3)c2)cc(OC)c1. The van der Waals surface area contributed by atoms with Crippen LogP contribution >= 0.6 is 11.3 Å². The van der Waals surface area contributed by atoms with E-state index in [0.717, 1.165) is 70.8 Å². The first-order valence-corrected chi connectivity index (χ1v) is 16.1. The smallest absolute Gasteiger partial charge is 0.228 e. The summed E-state index contributed by atoms with van der Waals surface area (Å²) in [5.41, 5.74) is 6.66. The molecule has 0 saturated carbocycles. The number of carbonyl (C=O) groups excluding carboxylic acids is 1. The largest absolute Gasteiger partial charge is 0.497 e. The Bertz CT molecular complexity index is 2000. The normalized spacial score (nSPS) is 13.0. The number of nitrogens with one attached hydrogen (secondary N) is 2. The quantitative estimate of drug-likeness (QED) is 0.177. The van der Waals surface area contributed by atoms with Crippen molar-refractivity contribution in [3.63, 3.8) is 0 Å². The molecule has 47 heavy (non-hydrogen) atoms. The summed E-state index contributed by atoms with van der Waals surface area (Å²) < 4.78 is 18.2. The van der Waals surface area contributed by atoms with Gasteiger partial charge in [0.2, 0.25) is 11.9 Å². The number of methoxy groups -OCH3 is 2. The van der Waals surface area contributed by atoms with Crippen LogP contribution in [0.4, 0.5) is 23.0 Å². The maximum absolute atomic E-state index is 13.1. The third kappa shape index (κ3) is 6.74.